The number of ether oxygens (including phenoxy) is 1. The van der Waals surface area contributed by atoms with E-state index in [0.29, 0.717) is 24.3 Å². The molecule has 0 saturated carbocycles. The fraction of sp³-hybridized carbons (Fsp3) is 0.438. The van der Waals surface area contributed by atoms with E-state index in [1.54, 1.807) is 31.2 Å². The van der Waals surface area contributed by atoms with Crippen LogP contribution in [0.3, 0.4) is 0 Å². The first kappa shape index (κ1) is 16.0. The summed E-state index contributed by atoms with van der Waals surface area (Å²) < 4.78 is 5.42. The first-order chi connectivity index (χ1) is 10.4. The highest BCUT2D eigenvalue weighted by Crippen LogP contribution is 2.24. The molecule has 2 rings (SSSR count). The van der Waals surface area contributed by atoms with Crippen molar-refractivity contribution in [2.24, 2.45) is 5.92 Å². The van der Waals surface area contributed by atoms with Crippen molar-refractivity contribution in [3.8, 4) is 5.75 Å². The summed E-state index contributed by atoms with van der Waals surface area (Å²) in [6.07, 6.45) is 0.460. The number of ketones is 1. The number of nitrogens with zero attached hydrogens (tertiary/aromatic N) is 1. The molecule has 1 aliphatic heterocycles. The number of benzene rings is 1. The number of hydrogen-bond acceptors (Lipinski definition) is 4. The predicted molar refractivity (Wildman–Crippen MR) is 78.9 cm³/mol. The minimum absolute atomic E-state index is 0.0748. The van der Waals surface area contributed by atoms with Crippen LogP contribution in [-0.2, 0) is 9.59 Å². The molecule has 1 aromatic rings. The molecule has 1 aliphatic rings. The highest BCUT2D eigenvalue weighted by atomic mass is 16.5. The molecule has 1 saturated heterocycles. The van der Waals surface area contributed by atoms with E-state index in [9.17, 15) is 14.4 Å². The van der Waals surface area contributed by atoms with Gasteiger partial charge in [0, 0.05) is 18.2 Å². The first-order valence-electron chi connectivity index (χ1n) is 7.16. The van der Waals surface area contributed by atoms with Crippen LogP contribution in [0.4, 0.5) is 0 Å². The maximum atomic E-state index is 12.2. The average Bonchev–Trinajstić information content (AvgIpc) is 2.87. The molecule has 1 fully saturated rings. The Bertz CT molecular complexity index is 598. The zero-order valence-corrected chi connectivity index (χ0v) is 12.6. The molecular formula is C16H19NO5. The van der Waals surface area contributed by atoms with Crippen LogP contribution >= 0.6 is 0 Å². The number of aliphatic carboxylic acids is 1. The summed E-state index contributed by atoms with van der Waals surface area (Å²) >= 11 is 0. The molecule has 2 unspecified atom stereocenters. The standard InChI is InChI=1S/C16H19NO5/c1-10-14(16(20)21)6-7-17(10)15(19)9-22-13-5-3-4-12(8-13)11(2)18/h3-5,8,10,14H,6-7,9H2,1-2H3,(H,20,21). The van der Waals surface area contributed by atoms with Crippen LogP contribution in [0.25, 0.3) is 0 Å². The molecule has 1 amide bonds. The molecule has 0 spiro atoms. The van der Waals surface area contributed by atoms with Crippen LogP contribution < -0.4 is 4.74 Å². The summed E-state index contributed by atoms with van der Waals surface area (Å²) in [6.45, 7) is 3.45. The molecule has 0 radical (unpaired) electrons. The Labute approximate surface area is 128 Å². The van der Waals surface area contributed by atoms with Crippen LogP contribution in [0.2, 0.25) is 0 Å². The maximum Gasteiger partial charge on any atom is 0.308 e. The fourth-order valence-electron chi connectivity index (χ4n) is 2.65. The number of carboxylic acids is 1. The van der Waals surface area contributed by atoms with E-state index < -0.39 is 11.9 Å². The van der Waals surface area contributed by atoms with Crippen molar-refractivity contribution in [1.29, 1.82) is 0 Å². The van der Waals surface area contributed by atoms with Crippen LogP contribution in [0, 0.1) is 5.92 Å². The van der Waals surface area contributed by atoms with Gasteiger partial charge in [0.15, 0.2) is 12.4 Å². The number of carbonyl (C=O) groups excluding carboxylic acids is 2. The lowest BCUT2D eigenvalue weighted by Gasteiger charge is -2.23. The molecule has 1 heterocycles. The summed E-state index contributed by atoms with van der Waals surface area (Å²) in [5, 5.41) is 9.07. The van der Waals surface area contributed by atoms with Gasteiger partial charge in [-0.3, -0.25) is 14.4 Å². The molecule has 0 bridgehead atoms. The third-order valence-electron chi connectivity index (χ3n) is 4.00. The van der Waals surface area contributed by atoms with Crippen molar-refractivity contribution in [1.82, 2.24) is 4.90 Å². The number of likely N-dealkylation sites (tertiary alicyclic amines) is 1. The van der Waals surface area contributed by atoms with Crippen molar-refractivity contribution in [3.63, 3.8) is 0 Å². The maximum absolute atomic E-state index is 12.2. The predicted octanol–water partition coefficient (Wildman–Crippen LogP) is 1.59. The van der Waals surface area contributed by atoms with Gasteiger partial charge in [-0.05, 0) is 32.4 Å². The lowest BCUT2D eigenvalue weighted by molar-refractivity contribution is -0.143. The fourth-order valence-corrected chi connectivity index (χ4v) is 2.65. The number of carboxylic acid groups (broad SMARTS) is 1. The van der Waals surface area contributed by atoms with Gasteiger partial charge in [0.05, 0.1) is 5.92 Å². The number of Topliss-reactive ketones (excluding diaryl/α,β-unsaturated/α-hetero) is 1. The van der Waals surface area contributed by atoms with Gasteiger partial charge < -0.3 is 14.7 Å². The number of rotatable bonds is 5. The number of hydrogen-bond donors (Lipinski definition) is 1. The lowest BCUT2D eigenvalue weighted by atomic mass is 10.0. The Morgan fingerprint density at radius 3 is 2.68 bits per heavy atom. The van der Waals surface area contributed by atoms with Crippen molar-refractivity contribution in [2.75, 3.05) is 13.2 Å². The molecule has 118 valence electrons. The normalized spacial score (nSPS) is 20.7. The van der Waals surface area contributed by atoms with Crippen molar-refractivity contribution in [3.05, 3.63) is 29.8 Å². The smallest absolute Gasteiger partial charge is 0.308 e. The van der Waals surface area contributed by atoms with Gasteiger partial charge in [-0.2, -0.15) is 0 Å². The lowest BCUT2D eigenvalue weighted by Crippen LogP contribution is -2.40. The summed E-state index contributed by atoms with van der Waals surface area (Å²) in [7, 11) is 0. The monoisotopic (exact) mass is 305 g/mol. The Hall–Kier alpha value is -2.37. The highest BCUT2D eigenvalue weighted by molar-refractivity contribution is 5.94. The summed E-state index contributed by atoms with van der Waals surface area (Å²) in [5.41, 5.74) is 0.519. The van der Waals surface area contributed by atoms with Gasteiger partial charge >= 0.3 is 5.97 Å². The topological polar surface area (TPSA) is 83.9 Å². The van der Waals surface area contributed by atoms with E-state index >= 15 is 0 Å². The Balaban J connectivity index is 1.95. The number of amides is 1. The van der Waals surface area contributed by atoms with E-state index in [1.807, 2.05) is 0 Å². The van der Waals surface area contributed by atoms with E-state index in [-0.39, 0.29) is 24.3 Å². The highest BCUT2D eigenvalue weighted by Gasteiger charge is 2.38. The van der Waals surface area contributed by atoms with E-state index in [0.717, 1.165) is 0 Å². The summed E-state index contributed by atoms with van der Waals surface area (Å²) in [5.74, 6) is -1.27. The molecular weight excluding hydrogens is 286 g/mol. The molecule has 0 aromatic heterocycles. The Morgan fingerprint density at radius 1 is 1.36 bits per heavy atom. The van der Waals surface area contributed by atoms with Crippen LogP contribution in [0.5, 0.6) is 5.75 Å². The first-order valence-corrected chi connectivity index (χ1v) is 7.16. The second-order valence-corrected chi connectivity index (χ2v) is 5.43. The van der Waals surface area contributed by atoms with Crippen LogP contribution in [-0.4, -0.2) is 46.9 Å². The molecule has 2 atom stereocenters. The van der Waals surface area contributed by atoms with Gasteiger partial charge in [0.2, 0.25) is 0 Å². The van der Waals surface area contributed by atoms with Gasteiger partial charge in [0.25, 0.3) is 5.91 Å². The molecule has 1 aromatic carbocycles. The zero-order chi connectivity index (χ0) is 16.3. The SMILES string of the molecule is CC(=O)c1cccc(OCC(=O)N2CCC(C(=O)O)C2C)c1. The molecule has 0 aliphatic carbocycles. The third kappa shape index (κ3) is 3.44. The van der Waals surface area contributed by atoms with E-state index in [2.05, 4.69) is 0 Å². The van der Waals surface area contributed by atoms with Crippen molar-refractivity contribution in [2.45, 2.75) is 26.3 Å². The van der Waals surface area contributed by atoms with Crippen molar-refractivity contribution >= 4 is 17.7 Å². The molecule has 1 N–H and O–H groups in total. The second kappa shape index (κ2) is 6.60. The van der Waals surface area contributed by atoms with Gasteiger partial charge in [-0.15, -0.1) is 0 Å². The summed E-state index contributed by atoms with van der Waals surface area (Å²) in [4.78, 5) is 36.1. The third-order valence-corrected chi connectivity index (χ3v) is 4.00. The van der Waals surface area contributed by atoms with Gasteiger partial charge in [-0.25, -0.2) is 0 Å². The largest absolute Gasteiger partial charge is 0.484 e. The Kier molecular flexibility index (Phi) is 4.80. The minimum atomic E-state index is -0.877. The van der Waals surface area contributed by atoms with E-state index in [4.69, 9.17) is 9.84 Å². The summed E-state index contributed by atoms with van der Waals surface area (Å²) in [6, 6.07) is 6.29. The van der Waals surface area contributed by atoms with Crippen molar-refractivity contribution < 1.29 is 24.2 Å². The second-order valence-electron chi connectivity index (χ2n) is 5.43. The minimum Gasteiger partial charge on any atom is -0.484 e. The molecule has 6 nitrogen and oxygen atoms in total. The van der Waals surface area contributed by atoms with Crippen LogP contribution in [0.1, 0.15) is 30.6 Å². The Morgan fingerprint density at radius 2 is 2.09 bits per heavy atom. The average molecular weight is 305 g/mol. The van der Waals surface area contributed by atoms with E-state index in [1.165, 1.54) is 11.8 Å². The van der Waals surface area contributed by atoms with Gasteiger partial charge in [-0.1, -0.05) is 12.1 Å². The quantitative estimate of drug-likeness (QED) is 0.835. The number of carbonyl (C=O) groups is 3. The molecule has 6 heteroatoms. The van der Waals surface area contributed by atoms with Crippen LogP contribution in [0.15, 0.2) is 24.3 Å². The van der Waals surface area contributed by atoms with Gasteiger partial charge in [0.1, 0.15) is 5.75 Å². The molecule has 22 heavy (non-hydrogen) atoms. The zero-order valence-electron chi connectivity index (χ0n) is 12.6.